The average molecular weight is 537 g/mol. The molecule has 0 amide bonds. The molecule has 1 saturated carbocycles. The topological polar surface area (TPSA) is 181 Å². The van der Waals surface area contributed by atoms with Gasteiger partial charge in [-0.3, -0.25) is 0 Å². The maximum Gasteiger partial charge on any atom is 0.337 e. The molecule has 1 aromatic rings. The molecule has 2 fully saturated rings. The molecule has 5 N–H and O–H groups in total. The first-order valence-corrected chi connectivity index (χ1v) is 12.2. The third-order valence-electron chi connectivity index (χ3n) is 7.30. The van der Waals surface area contributed by atoms with E-state index in [1.807, 2.05) is 0 Å². The summed E-state index contributed by atoms with van der Waals surface area (Å²) in [6.45, 7) is 1.18. The summed E-state index contributed by atoms with van der Waals surface area (Å²) < 4.78 is 27.6. The number of ether oxygens (including phenoxy) is 5. The van der Waals surface area contributed by atoms with Crippen LogP contribution in [0.15, 0.2) is 42.2 Å². The SMILES string of the molecule is COC(=O)C1=CO[C@@H](O[C@@H]2O[C@H](CO)[C@@H](O)[C@H](O)[C@H]2O)[C@@H]2[C@@H](C)[C@@H](OC(=O)/C=C/c3ccc(O)cc3)C[C@H]12. The van der Waals surface area contributed by atoms with E-state index in [9.17, 15) is 35.1 Å². The molecule has 1 saturated heterocycles. The predicted octanol–water partition coefficient (Wildman–Crippen LogP) is -0.181. The van der Waals surface area contributed by atoms with Crippen molar-refractivity contribution in [2.24, 2.45) is 17.8 Å². The maximum atomic E-state index is 12.6. The molecule has 3 aliphatic rings. The minimum absolute atomic E-state index is 0.101. The summed E-state index contributed by atoms with van der Waals surface area (Å²) in [5.41, 5.74) is 0.918. The number of rotatable bonds is 7. The third-order valence-corrected chi connectivity index (χ3v) is 7.30. The first-order chi connectivity index (χ1) is 18.1. The molecule has 0 radical (unpaired) electrons. The van der Waals surface area contributed by atoms with Crippen molar-refractivity contribution < 1.29 is 58.8 Å². The molecular formula is C26H32O12. The summed E-state index contributed by atoms with van der Waals surface area (Å²) in [7, 11) is 1.23. The molecule has 0 unspecified atom stereocenters. The number of esters is 2. The minimum atomic E-state index is -1.64. The standard InChI is InChI=1S/C26H32O12/c1-12-17(36-19(29)8-5-13-3-6-14(28)7-4-13)9-15-16(24(33)34-2)11-35-25(20(12)15)38-26-23(32)22(31)21(30)18(10-27)37-26/h3-8,11-12,15,17-18,20-23,25-28,30-32H,9-10H2,1-2H3/b8-5+/t12-,15+,17-,18+,20+,21+,22-,23+,25-,26-/m0/s1. The fraction of sp³-hybridized carbons (Fsp3) is 0.538. The quantitative estimate of drug-likeness (QED) is 0.229. The Bertz CT molecular complexity index is 1050. The van der Waals surface area contributed by atoms with Crippen molar-refractivity contribution in [3.05, 3.63) is 47.7 Å². The number of carbonyl (C=O) groups excluding carboxylic acids is 2. The van der Waals surface area contributed by atoms with Gasteiger partial charge >= 0.3 is 11.9 Å². The number of aromatic hydroxyl groups is 1. The van der Waals surface area contributed by atoms with Gasteiger partial charge in [-0.1, -0.05) is 19.1 Å². The van der Waals surface area contributed by atoms with Gasteiger partial charge in [0.25, 0.3) is 0 Å². The number of benzene rings is 1. The molecular weight excluding hydrogens is 504 g/mol. The lowest BCUT2D eigenvalue weighted by Crippen LogP contribution is -2.60. The van der Waals surface area contributed by atoms with E-state index in [0.717, 1.165) is 0 Å². The Morgan fingerprint density at radius 1 is 1.08 bits per heavy atom. The summed E-state index contributed by atoms with van der Waals surface area (Å²) in [5, 5.41) is 49.4. The molecule has 0 bridgehead atoms. The van der Waals surface area contributed by atoms with Crippen LogP contribution >= 0.6 is 0 Å². The van der Waals surface area contributed by atoms with Gasteiger partial charge < -0.3 is 49.2 Å². The fourth-order valence-corrected chi connectivity index (χ4v) is 5.17. The van der Waals surface area contributed by atoms with Crippen LogP contribution in [-0.2, 0) is 33.3 Å². The first-order valence-electron chi connectivity index (χ1n) is 12.2. The Morgan fingerprint density at radius 3 is 2.45 bits per heavy atom. The van der Waals surface area contributed by atoms with E-state index < -0.39 is 73.5 Å². The third kappa shape index (κ3) is 5.70. The summed E-state index contributed by atoms with van der Waals surface area (Å²) >= 11 is 0. The summed E-state index contributed by atoms with van der Waals surface area (Å²) in [6.07, 6.45) is -4.90. The highest BCUT2D eigenvalue weighted by Crippen LogP contribution is 2.48. The Labute approximate surface area is 218 Å². The number of fused-ring (bicyclic) bond motifs is 1. The van der Waals surface area contributed by atoms with Crippen LogP contribution in [0.1, 0.15) is 18.9 Å². The van der Waals surface area contributed by atoms with Gasteiger partial charge in [0.2, 0.25) is 6.29 Å². The van der Waals surface area contributed by atoms with E-state index in [2.05, 4.69) is 0 Å². The molecule has 38 heavy (non-hydrogen) atoms. The molecule has 2 heterocycles. The van der Waals surface area contributed by atoms with Gasteiger partial charge in [0.15, 0.2) is 6.29 Å². The van der Waals surface area contributed by atoms with Crippen molar-refractivity contribution in [1.29, 1.82) is 0 Å². The number of hydrogen-bond acceptors (Lipinski definition) is 12. The van der Waals surface area contributed by atoms with Crippen LogP contribution in [0.2, 0.25) is 0 Å². The van der Waals surface area contributed by atoms with Gasteiger partial charge in [-0.05, 0) is 30.2 Å². The second kappa shape index (κ2) is 11.8. The van der Waals surface area contributed by atoms with E-state index in [0.29, 0.717) is 5.56 Å². The number of phenolic OH excluding ortho intramolecular Hbond substituents is 1. The van der Waals surface area contributed by atoms with Crippen LogP contribution < -0.4 is 0 Å². The lowest BCUT2D eigenvalue weighted by atomic mass is 9.83. The lowest BCUT2D eigenvalue weighted by molar-refractivity contribution is -0.342. The van der Waals surface area contributed by atoms with Crippen molar-refractivity contribution in [3.63, 3.8) is 0 Å². The van der Waals surface area contributed by atoms with Gasteiger partial charge in [-0.2, -0.15) is 0 Å². The average Bonchev–Trinajstić information content (AvgIpc) is 3.24. The number of carbonyl (C=O) groups is 2. The van der Waals surface area contributed by atoms with Crippen molar-refractivity contribution >= 4 is 18.0 Å². The zero-order valence-corrected chi connectivity index (χ0v) is 20.8. The van der Waals surface area contributed by atoms with Crippen molar-refractivity contribution in [2.75, 3.05) is 13.7 Å². The number of aliphatic hydroxyl groups excluding tert-OH is 4. The van der Waals surface area contributed by atoms with Gasteiger partial charge in [-0.15, -0.1) is 0 Å². The van der Waals surface area contributed by atoms with Gasteiger partial charge in [0, 0.05) is 23.8 Å². The Kier molecular flexibility index (Phi) is 8.71. The number of hydrogen-bond donors (Lipinski definition) is 5. The maximum absolute atomic E-state index is 12.6. The Hall–Kier alpha value is -3.00. The summed E-state index contributed by atoms with van der Waals surface area (Å²) in [4.78, 5) is 25.0. The monoisotopic (exact) mass is 536 g/mol. The second-order valence-corrected chi connectivity index (χ2v) is 9.58. The molecule has 12 heteroatoms. The predicted molar refractivity (Wildman–Crippen MR) is 128 cm³/mol. The molecule has 2 aliphatic heterocycles. The van der Waals surface area contributed by atoms with Crippen LogP contribution in [0.3, 0.4) is 0 Å². The molecule has 0 spiro atoms. The number of aliphatic hydroxyl groups is 4. The van der Waals surface area contributed by atoms with Gasteiger partial charge in [0.1, 0.15) is 36.3 Å². The van der Waals surface area contributed by atoms with Crippen LogP contribution in [0.5, 0.6) is 5.75 Å². The van der Waals surface area contributed by atoms with Crippen molar-refractivity contribution in [1.82, 2.24) is 0 Å². The van der Waals surface area contributed by atoms with Crippen LogP contribution in [-0.4, -0.2) is 94.3 Å². The van der Waals surface area contributed by atoms with E-state index in [4.69, 9.17) is 23.7 Å². The van der Waals surface area contributed by atoms with Crippen molar-refractivity contribution in [3.8, 4) is 5.75 Å². The largest absolute Gasteiger partial charge is 0.508 e. The zero-order chi connectivity index (χ0) is 27.6. The van der Waals surface area contributed by atoms with E-state index in [1.54, 1.807) is 25.1 Å². The molecule has 208 valence electrons. The molecule has 12 nitrogen and oxygen atoms in total. The molecule has 0 aromatic heterocycles. The van der Waals surface area contributed by atoms with Gasteiger partial charge in [0.05, 0.1) is 25.6 Å². The number of phenols is 1. The van der Waals surface area contributed by atoms with Crippen LogP contribution in [0.4, 0.5) is 0 Å². The fourth-order valence-electron chi connectivity index (χ4n) is 5.17. The second-order valence-electron chi connectivity index (χ2n) is 9.58. The normalized spacial score (nSPS) is 36.7. The lowest BCUT2D eigenvalue weighted by Gasteiger charge is -2.43. The Morgan fingerprint density at radius 2 is 1.79 bits per heavy atom. The van der Waals surface area contributed by atoms with Crippen molar-refractivity contribution in [2.45, 2.75) is 56.4 Å². The highest BCUT2D eigenvalue weighted by Gasteiger charge is 2.54. The van der Waals surface area contributed by atoms with Crippen LogP contribution in [0, 0.1) is 17.8 Å². The summed E-state index contributed by atoms with van der Waals surface area (Å²) in [5.74, 6) is -2.53. The molecule has 1 aliphatic carbocycles. The van der Waals surface area contributed by atoms with Crippen LogP contribution in [0.25, 0.3) is 6.08 Å². The van der Waals surface area contributed by atoms with E-state index >= 15 is 0 Å². The molecule has 1 aromatic carbocycles. The van der Waals surface area contributed by atoms with Gasteiger partial charge in [-0.25, -0.2) is 9.59 Å². The highest BCUT2D eigenvalue weighted by atomic mass is 16.8. The van der Waals surface area contributed by atoms with E-state index in [1.165, 1.54) is 31.6 Å². The smallest absolute Gasteiger partial charge is 0.337 e. The molecule has 4 rings (SSSR count). The minimum Gasteiger partial charge on any atom is -0.508 e. The zero-order valence-electron chi connectivity index (χ0n) is 20.8. The Balaban J connectivity index is 1.50. The first kappa shape index (κ1) is 28.0. The highest BCUT2D eigenvalue weighted by molar-refractivity contribution is 5.89. The number of methoxy groups -OCH3 is 1. The summed E-state index contributed by atoms with van der Waals surface area (Å²) in [6, 6.07) is 6.26. The molecule has 10 atom stereocenters. The van der Waals surface area contributed by atoms with E-state index in [-0.39, 0.29) is 23.7 Å².